The molecule has 2 rings (SSSR count). The number of aliphatic carboxylic acids is 1. The van der Waals surface area contributed by atoms with Gasteiger partial charge in [-0.2, -0.15) is 0 Å². The molecule has 1 aromatic heterocycles. The molecule has 1 aromatic carbocycles. The van der Waals surface area contributed by atoms with E-state index in [9.17, 15) is 9.59 Å². The summed E-state index contributed by atoms with van der Waals surface area (Å²) in [5.74, 6) is -1.16. The number of carbonyl (C=O) groups excluding carboxylic acids is 1. The van der Waals surface area contributed by atoms with Crippen LogP contribution in [0.1, 0.15) is 31.9 Å². The first-order chi connectivity index (χ1) is 10.1. The number of hydrogen-bond donors (Lipinski definition) is 2. The van der Waals surface area contributed by atoms with E-state index in [0.717, 1.165) is 11.8 Å². The second kappa shape index (κ2) is 6.88. The first kappa shape index (κ1) is 15.0. The highest BCUT2D eigenvalue weighted by Gasteiger charge is 2.17. The van der Waals surface area contributed by atoms with Crippen LogP contribution in [0.2, 0.25) is 0 Å². The van der Waals surface area contributed by atoms with E-state index in [2.05, 4.69) is 10.5 Å². The smallest absolute Gasteiger partial charge is 0.305 e. The van der Waals surface area contributed by atoms with Crippen molar-refractivity contribution in [3.8, 4) is 0 Å². The van der Waals surface area contributed by atoms with Crippen LogP contribution in [-0.4, -0.2) is 28.2 Å². The second-order valence-corrected chi connectivity index (χ2v) is 4.95. The van der Waals surface area contributed by atoms with E-state index in [1.807, 2.05) is 25.1 Å². The van der Waals surface area contributed by atoms with E-state index in [0.29, 0.717) is 17.7 Å². The van der Waals surface area contributed by atoms with Crippen LogP contribution in [0, 0.1) is 0 Å². The number of carbonyl (C=O) groups is 2. The SMILES string of the molecule is CCCC(CC(=O)O)NC(=O)Cc1noc2ccccc12. The molecule has 1 atom stereocenters. The average molecular weight is 290 g/mol. The van der Waals surface area contributed by atoms with Crippen molar-refractivity contribution in [1.29, 1.82) is 0 Å². The molecule has 112 valence electrons. The zero-order chi connectivity index (χ0) is 15.2. The Labute approximate surface area is 122 Å². The maximum absolute atomic E-state index is 12.0. The van der Waals surface area contributed by atoms with Crippen LogP contribution in [0.25, 0.3) is 11.0 Å². The lowest BCUT2D eigenvalue weighted by Crippen LogP contribution is -2.37. The highest BCUT2D eigenvalue weighted by atomic mass is 16.5. The molecule has 0 aliphatic carbocycles. The number of benzene rings is 1. The van der Waals surface area contributed by atoms with Crippen molar-refractivity contribution in [3.05, 3.63) is 30.0 Å². The van der Waals surface area contributed by atoms with E-state index in [1.165, 1.54) is 0 Å². The third-order valence-electron chi connectivity index (χ3n) is 3.20. The molecule has 0 saturated carbocycles. The van der Waals surface area contributed by atoms with Crippen LogP contribution in [-0.2, 0) is 16.0 Å². The lowest BCUT2D eigenvalue weighted by molar-refractivity contribution is -0.137. The molecule has 6 nitrogen and oxygen atoms in total. The number of hydrogen-bond acceptors (Lipinski definition) is 4. The van der Waals surface area contributed by atoms with Crippen LogP contribution < -0.4 is 5.32 Å². The van der Waals surface area contributed by atoms with Crippen molar-refractivity contribution in [2.45, 2.75) is 38.6 Å². The predicted octanol–water partition coefficient (Wildman–Crippen LogP) is 2.13. The van der Waals surface area contributed by atoms with Gasteiger partial charge in [-0.1, -0.05) is 30.6 Å². The maximum Gasteiger partial charge on any atom is 0.305 e. The van der Waals surface area contributed by atoms with Gasteiger partial charge in [0.1, 0.15) is 5.69 Å². The Morgan fingerprint density at radius 3 is 2.86 bits per heavy atom. The standard InChI is InChI=1S/C15H18N2O4/c1-2-5-10(8-15(19)20)16-14(18)9-12-11-6-3-4-7-13(11)21-17-12/h3-4,6-7,10H,2,5,8-9H2,1H3,(H,16,18)(H,19,20). The molecule has 0 radical (unpaired) electrons. The van der Waals surface area contributed by atoms with Crippen molar-refractivity contribution in [1.82, 2.24) is 10.5 Å². The Hall–Kier alpha value is -2.37. The number of amides is 1. The fourth-order valence-corrected chi connectivity index (χ4v) is 2.28. The number of rotatable bonds is 7. The number of para-hydroxylation sites is 1. The second-order valence-electron chi connectivity index (χ2n) is 4.95. The number of aromatic nitrogens is 1. The molecule has 0 saturated heterocycles. The van der Waals surface area contributed by atoms with Crippen molar-refractivity contribution < 1.29 is 19.2 Å². The number of nitrogens with one attached hydrogen (secondary N) is 1. The molecule has 0 aliphatic rings. The van der Waals surface area contributed by atoms with Gasteiger partial charge in [-0.05, 0) is 18.6 Å². The van der Waals surface area contributed by atoms with Crippen molar-refractivity contribution in [3.63, 3.8) is 0 Å². The Morgan fingerprint density at radius 1 is 1.38 bits per heavy atom. The molecule has 1 unspecified atom stereocenters. The van der Waals surface area contributed by atoms with Gasteiger partial charge < -0.3 is 14.9 Å². The van der Waals surface area contributed by atoms with Gasteiger partial charge in [0.15, 0.2) is 5.58 Å². The number of nitrogens with zero attached hydrogens (tertiary/aromatic N) is 1. The lowest BCUT2D eigenvalue weighted by Gasteiger charge is -2.15. The lowest BCUT2D eigenvalue weighted by atomic mass is 10.1. The van der Waals surface area contributed by atoms with Crippen molar-refractivity contribution in [2.24, 2.45) is 0 Å². The summed E-state index contributed by atoms with van der Waals surface area (Å²) in [6.45, 7) is 1.95. The van der Waals surface area contributed by atoms with Crippen LogP contribution >= 0.6 is 0 Å². The predicted molar refractivity (Wildman–Crippen MR) is 76.8 cm³/mol. The van der Waals surface area contributed by atoms with Gasteiger partial charge in [0.25, 0.3) is 0 Å². The highest BCUT2D eigenvalue weighted by molar-refractivity contribution is 5.86. The van der Waals surface area contributed by atoms with Crippen molar-refractivity contribution >= 4 is 22.8 Å². The molecule has 1 heterocycles. The van der Waals surface area contributed by atoms with Gasteiger partial charge in [0.2, 0.25) is 5.91 Å². The zero-order valence-electron chi connectivity index (χ0n) is 11.8. The van der Waals surface area contributed by atoms with Crippen LogP contribution in [0.3, 0.4) is 0 Å². The summed E-state index contributed by atoms with van der Waals surface area (Å²) in [6.07, 6.45) is 1.46. The number of fused-ring (bicyclic) bond motifs is 1. The number of carboxylic acid groups (broad SMARTS) is 1. The van der Waals surface area contributed by atoms with E-state index in [1.54, 1.807) is 6.07 Å². The molecule has 2 N–H and O–H groups in total. The molecule has 1 amide bonds. The van der Waals surface area contributed by atoms with E-state index >= 15 is 0 Å². The van der Waals surface area contributed by atoms with Crippen LogP contribution in [0.15, 0.2) is 28.8 Å². The first-order valence-corrected chi connectivity index (χ1v) is 6.94. The number of carboxylic acids is 1. The van der Waals surface area contributed by atoms with E-state index in [4.69, 9.17) is 9.63 Å². The summed E-state index contributed by atoms with van der Waals surface area (Å²) in [5.41, 5.74) is 1.20. The topological polar surface area (TPSA) is 92.4 Å². The van der Waals surface area contributed by atoms with Gasteiger partial charge in [-0.3, -0.25) is 9.59 Å². The summed E-state index contributed by atoms with van der Waals surface area (Å²) in [5, 5.41) is 16.3. The summed E-state index contributed by atoms with van der Waals surface area (Å²) in [4.78, 5) is 22.8. The minimum Gasteiger partial charge on any atom is -0.481 e. The van der Waals surface area contributed by atoms with Crippen LogP contribution in [0.4, 0.5) is 0 Å². The molecule has 21 heavy (non-hydrogen) atoms. The summed E-state index contributed by atoms with van der Waals surface area (Å²) >= 11 is 0. The largest absolute Gasteiger partial charge is 0.481 e. The third kappa shape index (κ3) is 4.05. The highest BCUT2D eigenvalue weighted by Crippen LogP contribution is 2.18. The monoisotopic (exact) mass is 290 g/mol. The average Bonchev–Trinajstić information content (AvgIpc) is 2.82. The minimum absolute atomic E-state index is 0.0703. The van der Waals surface area contributed by atoms with E-state index in [-0.39, 0.29) is 24.8 Å². The minimum atomic E-state index is -0.916. The summed E-state index contributed by atoms with van der Waals surface area (Å²) in [7, 11) is 0. The fraction of sp³-hybridized carbons (Fsp3) is 0.400. The molecular weight excluding hydrogens is 272 g/mol. The van der Waals surface area contributed by atoms with Gasteiger partial charge in [-0.15, -0.1) is 0 Å². The molecule has 6 heteroatoms. The molecular formula is C15H18N2O4. The Balaban J connectivity index is 2.01. The Morgan fingerprint density at radius 2 is 2.14 bits per heavy atom. The third-order valence-corrected chi connectivity index (χ3v) is 3.20. The molecule has 0 spiro atoms. The fourth-order valence-electron chi connectivity index (χ4n) is 2.28. The van der Waals surface area contributed by atoms with E-state index < -0.39 is 5.97 Å². The molecule has 2 aromatic rings. The van der Waals surface area contributed by atoms with Gasteiger partial charge >= 0.3 is 5.97 Å². The Kier molecular flexibility index (Phi) is 4.92. The van der Waals surface area contributed by atoms with Crippen LogP contribution in [0.5, 0.6) is 0 Å². The molecule has 0 fully saturated rings. The summed E-state index contributed by atoms with van der Waals surface area (Å²) in [6, 6.07) is 6.97. The van der Waals surface area contributed by atoms with Gasteiger partial charge in [0.05, 0.1) is 12.8 Å². The quantitative estimate of drug-likeness (QED) is 0.815. The maximum atomic E-state index is 12.0. The zero-order valence-corrected chi connectivity index (χ0v) is 11.8. The Bertz CT molecular complexity index is 635. The summed E-state index contributed by atoms with van der Waals surface area (Å²) < 4.78 is 5.14. The molecule has 0 bridgehead atoms. The molecule has 0 aliphatic heterocycles. The van der Waals surface area contributed by atoms with Crippen molar-refractivity contribution in [2.75, 3.05) is 0 Å². The first-order valence-electron chi connectivity index (χ1n) is 6.94. The normalized spacial score (nSPS) is 12.2. The van der Waals surface area contributed by atoms with Gasteiger partial charge in [-0.25, -0.2) is 0 Å². The van der Waals surface area contributed by atoms with Gasteiger partial charge in [0, 0.05) is 11.4 Å².